The average molecular weight is 715 g/mol. The number of anilines is 1. The van der Waals surface area contributed by atoms with E-state index in [4.69, 9.17) is 21.3 Å². The van der Waals surface area contributed by atoms with Crippen LogP contribution in [-0.4, -0.2) is 79.4 Å². The number of carbonyl (C=O) groups excluding carboxylic acids is 3. The minimum Gasteiger partial charge on any atom is -0.481 e. The number of aromatic nitrogens is 1. The van der Waals surface area contributed by atoms with Crippen molar-refractivity contribution in [1.29, 1.82) is 0 Å². The number of pyridine rings is 1. The third-order valence-corrected chi connectivity index (χ3v) is 11.2. The molecule has 3 unspecified atom stereocenters. The number of hydrogen-bond acceptors (Lipinski definition) is 8. The van der Waals surface area contributed by atoms with Crippen molar-refractivity contribution in [3.8, 4) is 28.3 Å². The van der Waals surface area contributed by atoms with E-state index in [-0.39, 0.29) is 29.0 Å². The van der Waals surface area contributed by atoms with E-state index in [2.05, 4.69) is 41.0 Å². The van der Waals surface area contributed by atoms with Crippen LogP contribution in [-0.2, 0) is 20.8 Å². The number of nitrogens with one attached hydrogen (secondary N) is 3. The highest BCUT2D eigenvalue weighted by Crippen LogP contribution is 2.46. The first-order chi connectivity index (χ1) is 24.5. The Balaban J connectivity index is 0.000000774. The normalized spacial score (nSPS) is 20.6. The molecule has 11 heteroatoms. The lowest BCUT2D eigenvalue weighted by atomic mass is 9.95. The molecule has 1 fully saturated rings. The fourth-order valence-corrected chi connectivity index (χ4v) is 7.51. The first-order valence-corrected chi connectivity index (χ1v) is 18.3. The molecular weight excluding hydrogens is 664 g/mol. The number of rotatable bonds is 10. The molecule has 6 rings (SSSR count). The van der Waals surface area contributed by atoms with Crippen LogP contribution in [0.3, 0.4) is 0 Å². The molecule has 0 saturated carbocycles. The summed E-state index contributed by atoms with van der Waals surface area (Å²) < 4.78 is 5.93. The van der Waals surface area contributed by atoms with Gasteiger partial charge in [-0.2, -0.15) is 0 Å². The maximum Gasteiger partial charge on any atom is 0.273 e. The van der Waals surface area contributed by atoms with Gasteiger partial charge in [-0.05, 0) is 74.9 Å². The van der Waals surface area contributed by atoms with Gasteiger partial charge in [0, 0.05) is 66.6 Å². The zero-order valence-corrected chi connectivity index (χ0v) is 31.6. The van der Waals surface area contributed by atoms with E-state index in [1.807, 2.05) is 57.2 Å². The van der Waals surface area contributed by atoms with Crippen molar-refractivity contribution in [3.63, 3.8) is 0 Å². The second-order valence-electron chi connectivity index (χ2n) is 13.7. The molecule has 3 heterocycles. The molecule has 0 spiro atoms. The number of amides is 2. The zero-order chi connectivity index (χ0) is 36.9. The molecule has 1 aliphatic carbocycles. The topological polar surface area (TPSA) is 116 Å². The smallest absolute Gasteiger partial charge is 0.273 e. The van der Waals surface area contributed by atoms with Crippen LogP contribution in [0.1, 0.15) is 69.2 Å². The molecule has 51 heavy (non-hydrogen) atoms. The molecule has 272 valence electrons. The number of hydrazine groups is 1. The molecule has 3 atom stereocenters. The number of halogens is 1. The van der Waals surface area contributed by atoms with Crippen molar-refractivity contribution < 1.29 is 19.1 Å². The number of methoxy groups -OCH3 is 1. The monoisotopic (exact) mass is 714 g/mol. The maximum absolute atomic E-state index is 13.0. The summed E-state index contributed by atoms with van der Waals surface area (Å²) in [6, 6.07) is 14.1. The van der Waals surface area contributed by atoms with E-state index in [1.165, 1.54) is 16.1 Å². The average Bonchev–Trinajstić information content (AvgIpc) is 3.78. The molecule has 1 saturated heterocycles. The minimum atomic E-state index is -0.443. The number of benzene rings is 2. The Morgan fingerprint density at radius 2 is 1.92 bits per heavy atom. The quantitative estimate of drug-likeness (QED) is 0.161. The van der Waals surface area contributed by atoms with Gasteiger partial charge in [-0.3, -0.25) is 19.5 Å². The van der Waals surface area contributed by atoms with Crippen LogP contribution in [0, 0.1) is 12.8 Å². The van der Waals surface area contributed by atoms with Crippen LogP contribution in [0.15, 0.2) is 54.1 Å². The molecule has 0 radical (unpaired) electrons. The maximum atomic E-state index is 13.0. The lowest BCUT2D eigenvalue weighted by Crippen LogP contribution is -2.46. The fourth-order valence-electron chi connectivity index (χ4n) is 7.18. The van der Waals surface area contributed by atoms with E-state index in [1.54, 1.807) is 20.2 Å². The number of aldehydes is 1. The van der Waals surface area contributed by atoms with E-state index in [0.717, 1.165) is 79.4 Å². The van der Waals surface area contributed by atoms with Crippen molar-refractivity contribution in [2.75, 3.05) is 46.2 Å². The van der Waals surface area contributed by atoms with Crippen LogP contribution in [0.4, 0.5) is 5.69 Å². The van der Waals surface area contributed by atoms with Gasteiger partial charge < -0.3 is 20.2 Å². The predicted octanol–water partition coefficient (Wildman–Crippen LogP) is 6.52. The number of likely N-dealkylation sites (tertiary alicyclic amines) is 1. The summed E-state index contributed by atoms with van der Waals surface area (Å²) in [4.78, 5) is 42.9. The van der Waals surface area contributed by atoms with E-state index < -0.39 is 5.91 Å². The van der Waals surface area contributed by atoms with Gasteiger partial charge in [0.25, 0.3) is 11.8 Å². The summed E-state index contributed by atoms with van der Waals surface area (Å²) in [6.45, 7) is 10.6. The van der Waals surface area contributed by atoms with E-state index in [9.17, 15) is 14.4 Å². The molecular formula is C40H51ClN6O4. The molecule has 2 aromatic carbocycles. The van der Waals surface area contributed by atoms with E-state index in [0.29, 0.717) is 23.1 Å². The third kappa shape index (κ3) is 7.89. The number of nitrogens with zero attached hydrogens (tertiary/aromatic N) is 3. The first kappa shape index (κ1) is 38.1. The number of carbonyl (C=O) groups is 3. The third-order valence-electron chi connectivity index (χ3n) is 10.8. The Hall–Kier alpha value is -4.09. The van der Waals surface area contributed by atoms with Crippen LogP contribution in [0.2, 0.25) is 5.02 Å². The SMILES string of the molecule is CCC(C)C=O.CCC1(NC)CCN(C2CCc3cc(-c4cccc(-c5cccc(NC(=O)C6=CCNN(C)C6=O)c5C)c4Cl)nc(OC)c32)C1. The van der Waals surface area contributed by atoms with E-state index >= 15 is 0 Å². The van der Waals surface area contributed by atoms with Crippen LogP contribution in [0.5, 0.6) is 5.88 Å². The van der Waals surface area contributed by atoms with Crippen LogP contribution in [0.25, 0.3) is 22.4 Å². The molecule has 3 aromatic rings. The number of ether oxygens (including phenoxy) is 1. The van der Waals surface area contributed by atoms with Crippen molar-refractivity contribution >= 4 is 35.4 Å². The lowest BCUT2D eigenvalue weighted by Gasteiger charge is -2.30. The molecule has 10 nitrogen and oxygen atoms in total. The Kier molecular flexibility index (Phi) is 12.3. The van der Waals surface area contributed by atoms with Gasteiger partial charge in [0.1, 0.15) is 11.9 Å². The molecule has 2 amide bonds. The highest BCUT2D eigenvalue weighted by molar-refractivity contribution is 6.36. The van der Waals surface area contributed by atoms with Gasteiger partial charge in [-0.15, -0.1) is 0 Å². The van der Waals surface area contributed by atoms with Gasteiger partial charge >= 0.3 is 0 Å². The number of likely N-dealkylation sites (N-methyl/N-ethyl adjacent to an activating group) is 2. The second kappa shape index (κ2) is 16.5. The molecule has 3 aliphatic rings. The summed E-state index contributed by atoms with van der Waals surface area (Å²) in [5.41, 5.74) is 10.4. The number of fused-ring (bicyclic) bond motifs is 1. The minimum absolute atomic E-state index is 0.108. The molecule has 3 N–H and O–H groups in total. The fraction of sp³-hybridized carbons (Fsp3) is 0.450. The summed E-state index contributed by atoms with van der Waals surface area (Å²) in [5.74, 6) is 0.101. The highest BCUT2D eigenvalue weighted by Gasteiger charge is 2.41. The molecule has 1 aromatic heterocycles. The van der Waals surface area contributed by atoms with Gasteiger partial charge in [0.15, 0.2) is 0 Å². The second-order valence-corrected chi connectivity index (χ2v) is 14.1. The lowest BCUT2D eigenvalue weighted by molar-refractivity contribution is -0.131. The van der Waals surface area contributed by atoms with Crippen molar-refractivity contribution in [2.24, 2.45) is 5.92 Å². The molecule has 0 bridgehead atoms. The Morgan fingerprint density at radius 3 is 2.57 bits per heavy atom. The van der Waals surface area contributed by atoms with Crippen molar-refractivity contribution in [1.82, 2.24) is 25.6 Å². The molecule has 2 aliphatic heterocycles. The zero-order valence-electron chi connectivity index (χ0n) is 30.9. The van der Waals surface area contributed by atoms with Gasteiger partial charge in [0.05, 0.1) is 17.8 Å². The largest absolute Gasteiger partial charge is 0.481 e. The van der Waals surface area contributed by atoms with Crippen LogP contribution < -0.4 is 20.8 Å². The summed E-state index contributed by atoms with van der Waals surface area (Å²) in [7, 11) is 5.37. The Bertz CT molecular complexity index is 1810. The standard InChI is InChI=1S/C35H41ClN6O3.C5H10O/c1-6-35(37-3)16-18-42(20-35)29-14-13-22-19-28(40-33(45-5)30(22)29)25-11-7-10-24(31(25)36)23-9-8-12-27(21(23)2)39-32(43)26-15-17-38-41(4)34(26)44;1-3-5(2)4-6/h7-12,15,19,29,37-38H,6,13-14,16-18,20H2,1-5H3,(H,39,43);4-5H,3H2,1-2H3. The summed E-state index contributed by atoms with van der Waals surface area (Å²) in [6.07, 6.45) is 7.78. The highest BCUT2D eigenvalue weighted by atomic mass is 35.5. The van der Waals surface area contributed by atoms with Crippen molar-refractivity contribution in [2.45, 2.75) is 71.4 Å². The predicted molar refractivity (Wildman–Crippen MR) is 204 cm³/mol. The number of hydrogen-bond donors (Lipinski definition) is 3. The van der Waals surface area contributed by atoms with Gasteiger partial charge in [-0.25, -0.2) is 10.4 Å². The Morgan fingerprint density at radius 1 is 1.20 bits per heavy atom. The van der Waals surface area contributed by atoms with Crippen molar-refractivity contribution in [3.05, 3.63) is 75.8 Å². The first-order valence-electron chi connectivity index (χ1n) is 17.9. The number of aryl methyl sites for hydroxylation is 1. The Labute approximate surface area is 306 Å². The van der Waals surface area contributed by atoms with Crippen LogP contribution >= 0.6 is 11.6 Å². The van der Waals surface area contributed by atoms with Gasteiger partial charge in [0.2, 0.25) is 5.88 Å². The summed E-state index contributed by atoms with van der Waals surface area (Å²) >= 11 is 7.16. The van der Waals surface area contributed by atoms with Gasteiger partial charge in [-0.1, -0.05) is 68.8 Å². The summed E-state index contributed by atoms with van der Waals surface area (Å²) in [5, 5.41) is 8.40.